The molecule has 1 aliphatic heterocycles. The van der Waals surface area contributed by atoms with Gasteiger partial charge in [-0.2, -0.15) is 0 Å². The van der Waals surface area contributed by atoms with Crippen LogP contribution in [0.15, 0.2) is 59.1 Å². The van der Waals surface area contributed by atoms with Gasteiger partial charge in [-0.25, -0.2) is 0 Å². The van der Waals surface area contributed by atoms with Gasteiger partial charge in [-0.1, -0.05) is 29.8 Å². The molecule has 1 aromatic carbocycles. The van der Waals surface area contributed by atoms with Crippen LogP contribution in [0.3, 0.4) is 0 Å². The van der Waals surface area contributed by atoms with E-state index in [9.17, 15) is 4.79 Å². The van der Waals surface area contributed by atoms with Gasteiger partial charge in [0.2, 0.25) is 0 Å². The van der Waals surface area contributed by atoms with Gasteiger partial charge < -0.3 is 14.3 Å². The van der Waals surface area contributed by atoms with E-state index in [1.54, 1.807) is 6.07 Å². The Labute approximate surface area is 165 Å². The zero-order valence-electron chi connectivity index (χ0n) is 16.1. The molecule has 1 saturated carbocycles. The number of aromatic nitrogens is 1. The van der Waals surface area contributed by atoms with E-state index in [1.807, 2.05) is 6.07 Å². The Morgan fingerprint density at radius 2 is 2.04 bits per heavy atom. The average Bonchev–Trinajstić information content (AvgIpc) is 3.17. The molecule has 0 spiro atoms. The Kier molecular flexibility index (Phi) is 4.32. The highest BCUT2D eigenvalue weighted by atomic mass is 16.4. The number of carbonyl (C=O) groups excluding carboxylic acids is 1. The predicted octanol–water partition coefficient (Wildman–Crippen LogP) is 3.89. The molecule has 5 nitrogen and oxygen atoms in total. The van der Waals surface area contributed by atoms with Gasteiger partial charge in [0.15, 0.2) is 5.76 Å². The molecule has 2 aliphatic rings. The third-order valence-corrected chi connectivity index (χ3v) is 5.65. The number of aryl methyl sites for hydroxylation is 1. The largest absolute Gasteiger partial charge is 0.455 e. The highest BCUT2D eigenvalue weighted by molar-refractivity contribution is 5.91. The van der Waals surface area contributed by atoms with Gasteiger partial charge in [-0.05, 0) is 49.6 Å². The Balaban J connectivity index is 1.40. The first-order chi connectivity index (χ1) is 13.7. The molecule has 1 atom stereocenters. The minimum absolute atomic E-state index is 0.100. The van der Waals surface area contributed by atoms with Gasteiger partial charge in [0, 0.05) is 31.0 Å². The first-order valence-electron chi connectivity index (χ1n) is 10.0. The molecule has 28 heavy (non-hydrogen) atoms. The van der Waals surface area contributed by atoms with E-state index in [-0.39, 0.29) is 11.9 Å². The van der Waals surface area contributed by atoms with Gasteiger partial charge in [0.25, 0.3) is 5.91 Å². The molecule has 0 radical (unpaired) electrons. The fraction of sp³-hybridized carbons (Fsp3) is 0.348. The quantitative estimate of drug-likeness (QED) is 0.736. The fourth-order valence-electron chi connectivity index (χ4n) is 4.09. The number of nitrogens with one attached hydrogen (secondary N) is 1. The number of furan rings is 1. The van der Waals surface area contributed by atoms with Crippen LogP contribution in [0.25, 0.3) is 0 Å². The van der Waals surface area contributed by atoms with Gasteiger partial charge in [0.1, 0.15) is 5.76 Å². The summed E-state index contributed by atoms with van der Waals surface area (Å²) in [6.45, 7) is 4.71. The number of hydrogen-bond acceptors (Lipinski definition) is 3. The second-order valence-electron chi connectivity index (χ2n) is 7.93. The van der Waals surface area contributed by atoms with Gasteiger partial charge >= 0.3 is 0 Å². The molecule has 3 heterocycles. The normalized spacial score (nSPS) is 19.4. The summed E-state index contributed by atoms with van der Waals surface area (Å²) in [6, 6.07) is 17.3. The molecule has 0 bridgehead atoms. The van der Waals surface area contributed by atoms with Crippen LogP contribution in [0, 0.1) is 6.92 Å². The fourth-order valence-corrected chi connectivity index (χ4v) is 4.09. The molecule has 1 fully saturated rings. The van der Waals surface area contributed by atoms with Crippen LogP contribution in [0.2, 0.25) is 0 Å². The molecular weight excluding hydrogens is 350 g/mol. The number of hydrogen-bond donors (Lipinski definition) is 1. The minimum atomic E-state index is -0.100. The highest BCUT2D eigenvalue weighted by Gasteiger charge is 2.30. The van der Waals surface area contributed by atoms with Crippen molar-refractivity contribution in [2.45, 2.75) is 44.9 Å². The lowest BCUT2D eigenvalue weighted by Crippen LogP contribution is -2.37. The van der Waals surface area contributed by atoms with E-state index in [1.165, 1.54) is 16.8 Å². The van der Waals surface area contributed by atoms with Crippen molar-refractivity contribution >= 4 is 5.91 Å². The van der Waals surface area contributed by atoms with E-state index < -0.39 is 0 Å². The molecule has 1 aliphatic carbocycles. The van der Waals surface area contributed by atoms with Crippen LogP contribution in [-0.2, 0) is 13.1 Å². The van der Waals surface area contributed by atoms with Crippen molar-refractivity contribution < 1.29 is 9.21 Å². The summed E-state index contributed by atoms with van der Waals surface area (Å²) in [5.74, 6) is 1.14. The lowest BCUT2D eigenvalue weighted by Gasteiger charge is -2.37. The lowest BCUT2D eigenvalue weighted by molar-refractivity contribution is 0.0916. The zero-order valence-corrected chi connectivity index (χ0v) is 16.1. The number of rotatable bonds is 5. The third kappa shape index (κ3) is 3.38. The Morgan fingerprint density at radius 1 is 1.14 bits per heavy atom. The summed E-state index contributed by atoms with van der Waals surface area (Å²) in [6.07, 6.45) is 4.30. The predicted molar refractivity (Wildman–Crippen MR) is 107 cm³/mol. The molecule has 1 amide bonds. The van der Waals surface area contributed by atoms with Crippen LogP contribution in [0.4, 0.5) is 0 Å². The molecule has 1 N–H and O–H groups in total. The first kappa shape index (κ1) is 17.3. The molecule has 5 rings (SSSR count). The van der Waals surface area contributed by atoms with Crippen LogP contribution >= 0.6 is 0 Å². The van der Waals surface area contributed by atoms with Crippen LogP contribution in [0.5, 0.6) is 0 Å². The van der Waals surface area contributed by atoms with Crippen molar-refractivity contribution in [2.75, 3.05) is 6.54 Å². The second kappa shape index (κ2) is 6.99. The minimum Gasteiger partial charge on any atom is -0.455 e. The van der Waals surface area contributed by atoms with Crippen molar-refractivity contribution in [3.05, 3.63) is 83.1 Å². The molecule has 0 unspecified atom stereocenters. The molecule has 5 heteroatoms. The highest BCUT2D eigenvalue weighted by Crippen LogP contribution is 2.34. The summed E-state index contributed by atoms with van der Waals surface area (Å²) < 4.78 is 8.23. The van der Waals surface area contributed by atoms with E-state index in [2.05, 4.69) is 64.3 Å². The van der Waals surface area contributed by atoms with Crippen molar-refractivity contribution in [3.63, 3.8) is 0 Å². The van der Waals surface area contributed by atoms with Crippen molar-refractivity contribution in [1.29, 1.82) is 0 Å². The van der Waals surface area contributed by atoms with Crippen LogP contribution in [-0.4, -0.2) is 28.0 Å². The number of nitrogens with zero attached hydrogens (tertiary/aromatic N) is 2. The van der Waals surface area contributed by atoms with E-state index >= 15 is 0 Å². The van der Waals surface area contributed by atoms with Crippen molar-refractivity contribution in [1.82, 2.24) is 14.8 Å². The maximum absolute atomic E-state index is 12.2. The zero-order chi connectivity index (χ0) is 19.1. The van der Waals surface area contributed by atoms with Gasteiger partial charge in [0.05, 0.1) is 12.6 Å². The second-order valence-corrected chi connectivity index (χ2v) is 7.93. The smallest absolute Gasteiger partial charge is 0.287 e. The summed E-state index contributed by atoms with van der Waals surface area (Å²) in [7, 11) is 0. The first-order valence-corrected chi connectivity index (χ1v) is 10.0. The van der Waals surface area contributed by atoms with Gasteiger partial charge in [-0.15, -0.1) is 0 Å². The maximum Gasteiger partial charge on any atom is 0.287 e. The summed E-state index contributed by atoms with van der Waals surface area (Å²) in [5.41, 5.74) is 3.85. The number of carbonyl (C=O) groups is 1. The maximum atomic E-state index is 12.2. The number of benzene rings is 1. The summed E-state index contributed by atoms with van der Waals surface area (Å²) in [5, 5.41) is 2.99. The van der Waals surface area contributed by atoms with E-state index in [0.29, 0.717) is 18.3 Å². The van der Waals surface area contributed by atoms with E-state index in [4.69, 9.17) is 4.42 Å². The van der Waals surface area contributed by atoms with Gasteiger partial charge in [-0.3, -0.25) is 9.69 Å². The Hall–Kier alpha value is -2.79. The molecule has 2 aromatic heterocycles. The average molecular weight is 375 g/mol. The van der Waals surface area contributed by atoms with Crippen LogP contribution < -0.4 is 5.32 Å². The third-order valence-electron chi connectivity index (χ3n) is 5.65. The monoisotopic (exact) mass is 375 g/mol. The topological polar surface area (TPSA) is 50.4 Å². The standard InChI is InChI=1S/C23H25N3O2/c1-16-4-2-5-17(14-16)22-20-6-3-11-25(20)12-13-26(22)15-19-9-10-21(28-19)23(27)24-18-7-8-18/h2-6,9-11,14,18,22H,7-8,12-13,15H2,1H3,(H,24,27)/t22-/m1/s1. The lowest BCUT2D eigenvalue weighted by atomic mass is 9.98. The summed E-state index contributed by atoms with van der Waals surface area (Å²) >= 11 is 0. The number of amides is 1. The summed E-state index contributed by atoms with van der Waals surface area (Å²) in [4.78, 5) is 14.7. The molecule has 3 aromatic rings. The van der Waals surface area contributed by atoms with Crippen LogP contribution in [0.1, 0.15) is 52.0 Å². The van der Waals surface area contributed by atoms with Crippen molar-refractivity contribution in [2.24, 2.45) is 0 Å². The Morgan fingerprint density at radius 3 is 2.86 bits per heavy atom. The molecule has 0 saturated heterocycles. The molecule has 144 valence electrons. The Bertz CT molecular complexity index is 999. The van der Waals surface area contributed by atoms with E-state index in [0.717, 1.165) is 31.7 Å². The van der Waals surface area contributed by atoms with Crippen molar-refractivity contribution in [3.8, 4) is 0 Å². The SMILES string of the molecule is Cc1cccc([C@@H]2c3cccn3CCN2Cc2ccc(C(=O)NC3CC3)o2)c1. The number of fused-ring (bicyclic) bond motifs is 1. The molecular formula is C23H25N3O2.